The Morgan fingerprint density at radius 2 is 1.52 bits per heavy atom. The summed E-state index contributed by atoms with van der Waals surface area (Å²) in [4.78, 5) is 23.9. The maximum absolute atomic E-state index is 11.6. The van der Waals surface area contributed by atoms with E-state index in [2.05, 4.69) is 20.4 Å². The smallest absolute Gasteiger partial charge is 0.143 e. The number of carbonyl (C=O) groups is 2. The molecular weight excluding hydrogens is 356 g/mol. The van der Waals surface area contributed by atoms with Crippen molar-refractivity contribution in [3.63, 3.8) is 0 Å². The summed E-state index contributed by atoms with van der Waals surface area (Å²) in [6, 6.07) is 0. The van der Waals surface area contributed by atoms with E-state index in [1.54, 1.807) is 13.8 Å². The summed E-state index contributed by atoms with van der Waals surface area (Å²) in [7, 11) is 0. The van der Waals surface area contributed by atoms with Gasteiger partial charge in [0.25, 0.3) is 0 Å². The van der Waals surface area contributed by atoms with Gasteiger partial charge < -0.3 is 4.74 Å². The quantitative estimate of drug-likeness (QED) is 0.361. The molecule has 1 atom stereocenters. The normalized spacial score (nSPS) is 16.4. The molecule has 0 spiro atoms. The fourth-order valence-electron chi connectivity index (χ4n) is 3.24. The van der Waals surface area contributed by atoms with Gasteiger partial charge in [-0.25, -0.2) is 0 Å². The van der Waals surface area contributed by atoms with Crippen molar-refractivity contribution < 1.29 is 14.3 Å². The zero-order valence-electron chi connectivity index (χ0n) is 18.2. The van der Waals surface area contributed by atoms with Gasteiger partial charge >= 0.3 is 0 Å². The molecule has 1 aliphatic carbocycles. The zero-order valence-corrected chi connectivity index (χ0v) is 19.0. The molecule has 1 fully saturated rings. The Kier molecular flexibility index (Phi) is 17.1. The van der Waals surface area contributed by atoms with Gasteiger partial charge in [0.05, 0.1) is 5.25 Å². The second-order valence-electron chi connectivity index (χ2n) is 7.69. The summed E-state index contributed by atoms with van der Waals surface area (Å²) in [5.41, 5.74) is 0. The molecule has 0 aromatic carbocycles. The van der Waals surface area contributed by atoms with Crippen molar-refractivity contribution in [3.05, 3.63) is 11.5 Å². The first kappa shape index (κ1) is 26.4. The highest BCUT2D eigenvalue weighted by Gasteiger charge is 2.20. The molecule has 0 aromatic rings. The van der Waals surface area contributed by atoms with Crippen LogP contribution in [-0.2, 0) is 14.3 Å². The lowest BCUT2D eigenvalue weighted by molar-refractivity contribution is -0.121. The van der Waals surface area contributed by atoms with Crippen LogP contribution in [-0.4, -0.2) is 30.0 Å². The van der Waals surface area contributed by atoms with Crippen LogP contribution >= 0.6 is 11.8 Å². The summed E-state index contributed by atoms with van der Waals surface area (Å²) in [6.45, 7) is 13.3. The van der Waals surface area contributed by atoms with Gasteiger partial charge in [0.15, 0.2) is 0 Å². The van der Waals surface area contributed by atoms with Gasteiger partial charge in [-0.05, 0) is 43.9 Å². The minimum Gasteiger partial charge on any atom is -0.381 e. The third-order valence-electron chi connectivity index (χ3n) is 4.67. The van der Waals surface area contributed by atoms with E-state index < -0.39 is 0 Å². The van der Waals surface area contributed by atoms with Crippen LogP contribution < -0.4 is 0 Å². The SMILES string of the molecule is C=C(CC1CCCCCCC1)SC(CC(C)=O)C(C)=O.CCCOCCC. The van der Waals surface area contributed by atoms with Gasteiger partial charge in [0.2, 0.25) is 0 Å². The van der Waals surface area contributed by atoms with Crippen LogP contribution in [0.2, 0.25) is 0 Å². The van der Waals surface area contributed by atoms with Crippen LogP contribution in [0.3, 0.4) is 0 Å². The minimum absolute atomic E-state index is 0.0800. The van der Waals surface area contributed by atoms with E-state index >= 15 is 0 Å². The van der Waals surface area contributed by atoms with E-state index in [4.69, 9.17) is 4.74 Å². The Morgan fingerprint density at radius 1 is 1.00 bits per heavy atom. The third kappa shape index (κ3) is 16.1. The molecule has 0 radical (unpaired) electrons. The average molecular weight is 399 g/mol. The largest absolute Gasteiger partial charge is 0.381 e. The first-order valence-electron chi connectivity index (χ1n) is 10.8. The number of carbonyl (C=O) groups excluding carboxylic acids is 2. The van der Waals surface area contributed by atoms with Crippen molar-refractivity contribution in [2.75, 3.05) is 13.2 Å². The van der Waals surface area contributed by atoms with E-state index in [1.165, 1.54) is 56.7 Å². The predicted octanol–water partition coefficient (Wildman–Crippen LogP) is 6.74. The van der Waals surface area contributed by atoms with E-state index in [1.807, 2.05) is 0 Å². The van der Waals surface area contributed by atoms with Crippen LogP contribution in [0.4, 0.5) is 0 Å². The summed E-state index contributed by atoms with van der Waals surface area (Å²) >= 11 is 1.52. The number of hydrogen-bond donors (Lipinski definition) is 0. The predicted molar refractivity (Wildman–Crippen MR) is 118 cm³/mol. The number of ether oxygens (including phenoxy) is 1. The first-order valence-corrected chi connectivity index (χ1v) is 11.7. The van der Waals surface area contributed by atoms with Gasteiger partial charge in [-0.2, -0.15) is 0 Å². The highest BCUT2D eigenvalue weighted by molar-refractivity contribution is 8.04. The van der Waals surface area contributed by atoms with Crippen molar-refractivity contribution >= 4 is 23.3 Å². The van der Waals surface area contributed by atoms with Gasteiger partial charge in [-0.1, -0.05) is 65.4 Å². The molecule has 1 aliphatic rings. The van der Waals surface area contributed by atoms with Crippen molar-refractivity contribution in [2.45, 2.75) is 104 Å². The van der Waals surface area contributed by atoms with E-state index in [0.717, 1.165) is 43.3 Å². The fourth-order valence-corrected chi connectivity index (χ4v) is 4.45. The molecule has 158 valence electrons. The number of hydrogen-bond acceptors (Lipinski definition) is 4. The zero-order chi connectivity index (χ0) is 20.5. The minimum atomic E-state index is -0.228. The van der Waals surface area contributed by atoms with Crippen molar-refractivity contribution in [1.29, 1.82) is 0 Å². The molecule has 0 bridgehead atoms. The lowest BCUT2D eigenvalue weighted by Crippen LogP contribution is -2.17. The van der Waals surface area contributed by atoms with Gasteiger partial charge in [-0.3, -0.25) is 9.59 Å². The van der Waals surface area contributed by atoms with Crippen LogP contribution in [0.5, 0.6) is 0 Å². The third-order valence-corrected chi connectivity index (χ3v) is 5.96. The van der Waals surface area contributed by atoms with Crippen LogP contribution in [0.15, 0.2) is 11.5 Å². The molecule has 0 N–H and O–H groups in total. The highest BCUT2D eigenvalue weighted by atomic mass is 32.2. The molecule has 27 heavy (non-hydrogen) atoms. The maximum Gasteiger partial charge on any atom is 0.143 e. The van der Waals surface area contributed by atoms with E-state index in [9.17, 15) is 9.59 Å². The number of rotatable bonds is 11. The van der Waals surface area contributed by atoms with Crippen molar-refractivity contribution in [3.8, 4) is 0 Å². The fraction of sp³-hybridized carbons (Fsp3) is 0.826. The van der Waals surface area contributed by atoms with Gasteiger partial charge in [0.1, 0.15) is 11.6 Å². The van der Waals surface area contributed by atoms with Crippen LogP contribution in [0.25, 0.3) is 0 Å². The molecular formula is C23H42O3S. The van der Waals surface area contributed by atoms with Gasteiger partial charge in [0, 0.05) is 19.6 Å². The second kappa shape index (κ2) is 17.5. The highest BCUT2D eigenvalue weighted by Crippen LogP contribution is 2.33. The Bertz CT molecular complexity index is 408. The van der Waals surface area contributed by atoms with Crippen molar-refractivity contribution in [2.24, 2.45) is 5.92 Å². The molecule has 4 heteroatoms. The van der Waals surface area contributed by atoms with E-state index in [0.29, 0.717) is 6.42 Å². The molecule has 3 nitrogen and oxygen atoms in total. The number of Topliss-reactive ketones (excluding diaryl/α,β-unsaturated/α-hetero) is 2. The Labute approximate surface area is 172 Å². The lowest BCUT2D eigenvalue weighted by Gasteiger charge is -2.21. The molecule has 1 saturated carbocycles. The Balaban J connectivity index is 0.000000821. The topological polar surface area (TPSA) is 43.4 Å². The summed E-state index contributed by atoms with van der Waals surface area (Å²) in [6.07, 6.45) is 12.9. The molecule has 0 saturated heterocycles. The summed E-state index contributed by atoms with van der Waals surface area (Å²) in [5, 5.41) is -0.228. The van der Waals surface area contributed by atoms with Crippen molar-refractivity contribution in [1.82, 2.24) is 0 Å². The molecule has 0 aromatic heterocycles. The standard InChI is InChI=1S/C17H28O2S.C6H14O/c1-13(18)11-17(15(3)19)20-14(2)12-16-9-7-5-4-6-8-10-16;1-3-5-7-6-4-2/h16-17H,2,4-12H2,1,3H3;3-6H2,1-2H3. The second-order valence-corrected chi connectivity index (χ2v) is 9.07. The molecule has 0 amide bonds. The Hall–Kier alpha value is -0.610. The molecule has 0 heterocycles. The molecule has 1 rings (SSSR count). The van der Waals surface area contributed by atoms with Crippen LogP contribution in [0.1, 0.15) is 98.3 Å². The molecule has 1 unspecified atom stereocenters. The maximum atomic E-state index is 11.6. The van der Waals surface area contributed by atoms with Gasteiger partial charge in [-0.15, -0.1) is 11.8 Å². The summed E-state index contributed by atoms with van der Waals surface area (Å²) < 4.78 is 5.13. The van der Waals surface area contributed by atoms with E-state index in [-0.39, 0.29) is 16.8 Å². The number of thioether (sulfide) groups is 1. The lowest BCUT2D eigenvalue weighted by atomic mass is 9.89. The number of ketones is 2. The Morgan fingerprint density at radius 3 is 1.96 bits per heavy atom. The monoisotopic (exact) mass is 398 g/mol. The first-order chi connectivity index (χ1) is 12.9. The molecule has 0 aliphatic heterocycles. The van der Waals surface area contributed by atoms with Crippen LogP contribution in [0, 0.1) is 5.92 Å². The summed E-state index contributed by atoms with van der Waals surface area (Å²) in [5.74, 6) is 0.890. The average Bonchev–Trinajstić information content (AvgIpc) is 2.57. The number of allylic oxidation sites excluding steroid dienone is 1.